The maximum Gasteiger partial charge on any atom is 0.214 e. The molecule has 0 radical (unpaired) electrons. The van der Waals surface area contributed by atoms with E-state index in [1.54, 1.807) is 23.1 Å². The molecule has 2 N–H and O–H groups in total. The van der Waals surface area contributed by atoms with Gasteiger partial charge in [0, 0.05) is 11.3 Å². The number of methoxy groups -OCH3 is 1. The highest BCUT2D eigenvalue weighted by Gasteiger charge is 2.08. The largest absolute Gasteiger partial charge is 0.493 e. The molecule has 0 aliphatic rings. The van der Waals surface area contributed by atoms with Gasteiger partial charge in [0.05, 0.1) is 13.7 Å². The minimum Gasteiger partial charge on any atom is -0.493 e. The molecular formula is C17H20N4O2S2. The van der Waals surface area contributed by atoms with Crippen molar-refractivity contribution in [2.45, 2.75) is 26.5 Å². The van der Waals surface area contributed by atoms with E-state index in [-0.39, 0.29) is 0 Å². The summed E-state index contributed by atoms with van der Waals surface area (Å²) < 4.78 is 13.7. The number of benzene rings is 1. The molecule has 132 valence electrons. The van der Waals surface area contributed by atoms with Crippen molar-refractivity contribution >= 4 is 23.6 Å². The Kier molecular flexibility index (Phi) is 5.72. The predicted octanol–water partition coefficient (Wildman–Crippen LogP) is 3.90. The summed E-state index contributed by atoms with van der Waals surface area (Å²) in [5.74, 6) is 2.31. The fraction of sp³-hybridized carbons (Fsp3) is 0.294. The fourth-order valence-corrected chi connectivity index (χ4v) is 3.22. The molecule has 0 spiro atoms. The lowest BCUT2D eigenvalue weighted by Gasteiger charge is -2.13. The van der Waals surface area contributed by atoms with Gasteiger partial charge in [-0.15, -0.1) is 11.3 Å². The fourth-order valence-electron chi connectivity index (χ4n) is 2.38. The summed E-state index contributed by atoms with van der Waals surface area (Å²) in [6.45, 7) is 3.17. The Labute approximate surface area is 155 Å². The van der Waals surface area contributed by atoms with E-state index in [4.69, 9.17) is 21.7 Å². The van der Waals surface area contributed by atoms with Crippen LogP contribution in [0.4, 0.5) is 0 Å². The summed E-state index contributed by atoms with van der Waals surface area (Å²) in [5, 5.41) is 9.02. The van der Waals surface area contributed by atoms with Gasteiger partial charge in [0.15, 0.2) is 17.3 Å². The Morgan fingerprint density at radius 3 is 2.92 bits per heavy atom. The van der Waals surface area contributed by atoms with E-state index in [9.17, 15) is 0 Å². The summed E-state index contributed by atoms with van der Waals surface area (Å²) in [6, 6.07) is 9.97. The molecule has 2 aromatic heterocycles. The molecule has 3 rings (SSSR count). The molecule has 0 aliphatic carbocycles. The van der Waals surface area contributed by atoms with Gasteiger partial charge in [0.1, 0.15) is 6.61 Å². The minimum atomic E-state index is 0.537. The molecule has 0 saturated carbocycles. The SMILES string of the molecule is CCc1n[nH]c(=S)n1NCc1ccc(OCc2cccs2)c(OC)c1. The first kappa shape index (κ1) is 17.5. The number of thiophene rings is 1. The monoisotopic (exact) mass is 376 g/mol. The van der Waals surface area contributed by atoms with Gasteiger partial charge in [0.25, 0.3) is 0 Å². The number of aryl methyl sites for hydroxylation is 1. The van der Waals surface area contributed by atoms with E-state index in [2.05, 4.69) is 21.7 Å². The first-order valence-electron chi connectivity index (χ1n) is 7.93. The summed E-state index contributed by atoms with van der Waals surface area (Å²) in [4.78, 5) is 1.18. The summed E-state index contributed by atoms with van der Waals surface area (Å²) in [6.07, 6.45) is 0.791. The Morgan fingerprint density at radius 2 is 2.20 bits per heavy atom. The maximum atomic E-state index is 5.86. The van der Waals surface area contributed by atoms with Crippen LogP contribution in [0.5, 0.6) is 11.5 Å². The molecule has 25 heavy (non-hydrogen) atoms. The normalized spacial score (nSPS) is 10.6. The average Bonchev–Trinajstić information content (AvgIpc) is 3.28. The van der Waals surface area contributed by atoms with Gasteiger partial charge in [0.2, 0.25) is 4.77 Å². The number of ether oxygens (including phenoxy) is 2. The van der Waals surface area contributed by atoms with E-state index in [0.717, 1.165) is 23.6 Å². The number of H-pyrrole nitrogens is 1. The number of rotatable bonds is 8. The molecular weight excluding hydrogens is 356 g/mol. The maximum absolute atomic E-state index is 5.86. The molecule has 0 atom stereocenters. The molecule has 6 nitrogen and oxygen atoms in total. The van der Waals surface area contributed by atoms with Crippen LogP contribution >= 0.6 is 23.6 Å². The third-order valence-electron chi connectivity index (χ3n) is 3.68. The van der Waals surface area contributed by atoms with Gasteiger partial charge in [-0.05, 0) is 41.4 Å². The van der Waals surface area contributed by atoms with Crippen molar-refractivity contribution in [1.82, 2.24) is 14.9 Å². The van der Waals surface area contributed by atoms with Crippen molar-refractivity contribution in [3.8, 4) is 11.5 Å². The van der Waals surface area contributed by atoms with Gasteiger partial charge in [-0.2, -0.15) is 5.10 Å². The van der Waals surface area contributed by atoms with Crippen LogP contribution in [0.25, 0.3) is 0 Å². The van der Waals surface area contributed by atoms with E-state index in [1.165, 1.54) is 4.88 Å². The zero-order chi connectivity index (χ0) is 17.6. The average molecular weight is 377 g/mol. The third kappa shape index (κ3) is 4.21. The van der Waals surface area contributed by atoms with Crippen LogP contribution in [0.3, 0.4) is 0 Å². The zero-order valence-electron chi connectivity index (χ0n) is 14.1. The van der Waals surface area contributed by atoms with Crippen molar-refractivity contribution in [3.05, 3.63) is 56.7 Å². The predicted molar refractivity (Wildman–Crippen MR) is 101 cm³/mol. The first-order chi connectivity index (χ1) is 12.2. The van der Waals surface area contributed by atoms with Crippen LogP contribution < -0.4 is 14.9 Å². The zero-order valence-corrected chi connectivity index (χ0v) is 15.7. The Hall–Kier alpha value is -2.32. The number of nitrogens with zero attached hydrogens (tertiary/aromatic N) is 2. The van der Waals surface area contributed by atoms with Crippen LogP contribution in [0.2, 0.25) is 0 Å². The molecule has 0 fully saturated rings. The minimum absolute atomic E-state index is 0.537. The molecule has 0 unspecified atom stereocenters. The van der Waals surface area contributed by atoms with Crippen molar-refractivity contribution in [2.75, 3.05) is 12.5 Å². The molecule has 2 heterocycles. The van der Waals surface area contributed by atoms with Crippen molar-refractivity contribution in [1.29, 1.82) is 0 Å². The molecule has 8 heteroatoms. The third-order valence-corrected chi connectivity index (χ3v) is 4.80. The molecule has 1 aromatic carbocycles. The molecule has 0 aliphatic heterocycles. The number of hydrogen-bond donors (Lipinski definition) is 2. The van der Waals surface area contributed by atoms with E-state index >= 15 is 0 Å². The Morgan fingerprint density at radius 1 is 1.32 bits per heavy atom. The van der Waals surface area contributed by atoms with E-state index in [0.29, 0.717) is 23.7 Å². The van der Waals surface area contributed by atoms with Gasteiger partial charge < -0.3 is 14.9 Å². The second-order valence-electron chi connectivity index (χ2n) is 5.32. The first-order valence-corrected chi connectivity index (χ1v) is 9.22. The van der Waals surface area contributed by atoms with Crippen molar-refractivity contribution in [3.63, 3.8) is 0 Å². The molecule has 0 bridgehead atoms. The smallest absolute Gasteiger partial charge is 0.214 e. The van der Waals surface area contributed by atoms with Crippen LogP contribution in [-0.2, 0) is 19.6 Å². The molecule has 0 saturated heterocycles. The van der Waals surface area contributed by atoms with Crippen LogP contribution in [0.1, 0.15) is 23.2 Å². The highest BCUT2D eigenvalue weighted by molar-refractivity contribution is 7.71. The van der Waals surface area contributed by atoms with Crippen LogP contribution in [0.15, 0.2) is 35.7 Å². The van der Waals surface area contributed by atoms with Crippen LogP contribution in [0, 0.1) is 4.77 Å². The summed E-state index contributed by atoms with van der Waals surface area (Å²) in [7, 11) is 1.64. The highest BCUT2D eigenvalue weighted by atomic mass is 32.1. The highest BCUT2D eigenvalue weighted by Crippen LogP contribution is 2.29. The number of nitrogens with one attached hydrogen (secondary N) is 2. The van der Waals surface area contributed by atoms with Gasteiger partial charge in [-0.1, -0.05) is 19.1 Å². The quantitative estimate of drug-likeness (QED) is 0.584. The van der Waals surface area contributed by atoms with Gasteiger partial charge in [-0.25, -0.2) is 4.68 Å². The lowest BCUT2D eigenvalue weighted by molar-refractivity contribution is 0.287. The second kappa shape index (κ2) is 8.17. The molecule has 3 aromatic rings. The Bertz CT molecular complexity index is 871. The Balaban J connectivity index is 1.68. The van der Waals surface area contributed by atoms with Crippen molar-refractivity contribution < 1.29 is 9.47 Å². The number of aromatic amines is 1. The lowest BCUT2D eigenvalue weighted by Crippen LogP contribution is -2.17. The standard InChI is InChI=1S/C17H20N4O2S2/c1-3-16-19-20-17(24)21(16)18-10-12-6-7-14(15(9-12)22-2)23-11-13-5-4-8-25-13/h4-9,18H,3,10-11H2,1-2H3,(H,20,24). The lowest BCUT2D eigenvalue weighted by atomic mass is 10.2. The van der Waals surface area contributed by atoms with Gasteiger partial charge in [-0.3, -0.25) is 5.10 Å². The molecule has 0 amide bonds. The van der Waals surface area contributed by atoms with Crippen molar-refractivity contribution in [2.24, 2.45) is 0 Å². The number of hydrogen-bond acceptors (Lipinski definition) is 6. The van der Waals surface area contributed by atoms with Gasteiger partial charge >= 0.3 is 0 Å². The van der Waals surface area contributed by atoms with E-state index < -0.39 is 0 Å². The van der Waals surface area contributed by atoms with E-state index in [1.807, 2.05) is 36.6 Å². The summed E-state index contributed by atoms with van der Waals surface area (Å²) in [5.41, 5.74) is 4.34. The summed E-state index contributed by atoms with van der Waals surface area (Å²) >= 11 is 6.91. The topological polar surface area (TPSA) is 64.1 Å². The second-order valence-corrected chi connectivity index (χ2v) is 6.74. The van der Waals surface area contributed by atoms with Crippen LogP contribution in [-0.4, -0.2) is 22.0 Å². The number of aromatic nitrogens is 3.